The first-order valence-corrected chi connectivity index (χ1v) is 9.19. The molecule has 1 aromatic rings. The molecule has 0 spiro atoms. The maximum atomic E-state index is 13.3. The molecule has 0 saturated carbocycles. The lowest BCUT2D eigenvalue weighted by Gasteiger charge is -2.20. The Morgan fingerprint density at radius 3 is 2.73 bits per heavy atom. The van der Waals surface area contributed by atoms with Crippen molar-refractivity contribution < 1.29 is 4.39 Å². The predicted molar refractivity (Wildman–Crippen MR) is 118 cm³/mol. The lowest BCUT2D eigenvalue weighted by atomic mass is 10.1. The molecule has 1 fully saturated rings. The third kappa shape index (κ3) is 8.18. The van der Waals surface area contributed by atoms with E-state index in [9.17, 15) is 4.39 Å². The van der Waals surface area contributed by atoms with Gasteiger partial charge in [0.2, 0.25) is 0 Å². The highest BCUT2D eigenvalue weighted by Gasteiger charge is 2.11. The average Bonchev–Trinajstić information content (AvgIpc) is 2.81. The Labute approximate surface area is 174 Å². The van der Waals surface area contributed by atoms with Gasteiger partial charge in [0, 0.05) is 33.2 Å². The highest BCUT2D eigenvalue weighted by Crippen LogP contribution is 2.08. The minimum absolute atomic E-state index is 0. The van der Waals surface area contributed by atoms with E-state index in [4.69, 9.17) is 0 Å². The van der Waals surface area contributed by atoms with Crippen molar-refractivity contribution in [3.8, 4) is 0 Å². The van der Waals surface area contributed by atoms with Crippen LogP contribution in [0.1, 0.15) is 24.0 Å². The molecule has 7 heteroatoms. The standard InChI is InChI=1S/C19H32FN5.HI/c1-16-14-17(6-7-18(16)20)15-23-19(21-2)22-8-4-10-25-11-5-9-24(3)12-13-25;/h6-7,14H,4-5,8-13,15H2,1-3H3,(H2,21,22,23);1H. The average molecular weight is 477 g/mol. The van der Waals surface area contributed by atoms with Crippen molar-refractivity contribution in [1.82, 2.24) is 20.4 Å². The number of rotatable bonds is 6. The molecule has 1 aliphatic heterocycles. The van der Waals surface area contributed by atoms with E-state index in [1.54, 1.807) is 20.0 Å². The second-order valence-electron chi connectivity index (χ2n) is 6.79. The quantitative estimate of drug-likeness (QED) is 0.286. The zero-order valence-electron chi connectivity index (χ0n) is 16.2. The summed E-state index contributed by atoms with van der Waals surface area (Å²) in [6.07, 6.45) is 2.35. The number of guanidine groups is 1. The molecule has 0 atom stereocenters. The summed E-state index contributed by atoms with van der Waals surface area (Å²) in [6.45, 7) is 9.16. The van der Waals surface area contributed by atoms with Crippen LogP contribution in [0, 0.1) is 12.7 Å². The summed E-state index contributed by atoms with van der Waals surface area (Å²) in [7, 11) is 3.97. The van der Waals surface area contributed by atoms with Gasteiger partial charge in [-0.3, -0.25) is 4.99 Å². The van der Waals surface area contributed by atoms with Gasteiger partial charge in [0.05, 0.1) is 0 Å². The minimum Gasteiger partial charge on any atom is -0.356 e. The van der Waals surface area contributed by atoms with Crippen molar-refractivity contribution in [3.05, 3.63) is 35.1 Å². The summed E-state index contributed by atoms with van der Waals surface area (Å²) in [5.74, 6) is 0.628. The fourth-order valence-electron chi connectivity index (χ4n) is 3.06. The summed E-state index contributed by atoms with van der Waals surface area (Å²) in [4.78, 5) is 9.20. The Morgan fingerprint density at radius 1 is 1.19 bits per heavy atom. The van der Waals surface area contributed by atoms with E-state index in [1.807, 2.05) is 6.07 Å². The number of hydrogen-bond acceptors (Lipinski definition) is 3. The molecule has 2 rings (SSSR count). The molecule has 0 aliphatic carbocycles. The minimum atomic E-state index is -0.161. The molecule has 26 heavy (non-hydrogen) atoms. The number of aliphatic imine (C=N–C) groups is 1. The lowest BCUT2D eigenvalue weighted by molar-refractivity contribution is 0.274. The predicted octanol–water partition coefficient (Wildman–Crippen LogP) is 2.44. The lowest BCUT2D eigenvalue weighted by Crippen LogP contribution is -2.38. The van der Waals surface area contributed by atoms with Crippen LogP contribution in [0.2, 0.25) is 0 Å². The molecule has 0 amide bonds. The Morgan fingerprint density at radius 2 is 2.00 bits per heavy atom. The third-order valence-electron chi connectivity index (χ3n) is 4.66. The maximum Gasteiger partial charge on any atom is 0.191 e. The molecule has 5 nitrogen and oxygen atoms in total. The van der Waals surface area contributed by atoms with Crippen LogP contribution in [0.25, 0.3) is 0 Å². The van der Waals surface area contributed by atoms with Crippen molar-refractivity contribution >= 4 is 29.9 Å². The van der Waals surface area contributed by atoms with Crippen LogP contribution in [-0.4, -0.2) is 69.1 Å². The number of aryl methyl sites for hydroxylation is 1. The van der Waals surface area contributed by atoms with Gasteiger partial charge in [-0.25, -0.2) is 4.39 Å². The summed E-state index contributed by atoms with van der Waals surface area (Å²) in [6, 6.07) is 5.19. The Hall–Kier alpha value is -0.930. The van der Waals surface area contributed by atoms with Crippen LogP contribution in [0.3, 0.4) is 0 Å². The summed E-state index contributed by atoms with van der Waals surface area (Å²) in [5, 5.41) is 6.64. The van der Waals surface area contributed by atoms with E-state index < -0.39 is 0 Å². The number of benzene rings is 1. The first-order chi connectivity index (χ1) is 12.1. The molecule has 0 bridgehead atoms. The van der Waals surface area contributed by atoms with Crippen LogP contribution >= 0.6 is 24.0 Å². The molecule has 0 unspecified atom stereocenters. The summed E-state index contributed by atoms with van der Waals surface area (Å²) in [5.41, 5.74) is 1.72. The Kier molecular flexibility index (Phi) is 11.1. The highest BCUT2D eigenvalue weighted by molar-refractivity contribution is 14.0. The second-order valence-corrected chi connectivity index (χ2v) is 6.79. The van der Waals surface area contributed by atoms with Gasteiger partial charge in [-0.05, 0) is 63.6 Å². The topological polar surface area (TPSA) is 42.9 Å². The highest BCUT2D eigenvalue weighted by atomic mass is 127. The van der Waals surface area contributed by atoms with Crippen LogP contribution in [0.5, 0.6) is 0 Å². The Bertz CT molecular complexity index is 567. The molecule has 1 saturated heterocycles. The largest absolute Gasteiger partial charge is 0.356 e. The third-order valence-corrected chi connectivity index (χ3v) is 4.66. The van der Waals surface area contributed by atoms with E-state index in [-0.39, 0.29) is 29.8 Å². The fourth-order valence-corrected chi connectivity index (χ4v) is 3.06. The normalized spacial score (nSPS) is 16.7. The molecule has 1 aromatic carbocycles. The molecule has 1 heterocycles. The van der Waals surface area contributed by atoms with Crippen LogP contribution in [-0.2, 0) is 6.54 Å². The molecule has 2 N–H and O–H groups in total. The van der Waals surface area contributed by atoms with Gasteiger partial charge in [-0.1, -0.05) is 12.1 Å². The van der Waals surface area contributed by atoms with Gasteiger partial charge in [0.1, 0.15) is 5.82 Å². The van der Waals surface area contributed by atoms with Gasteiger partial charge >= 0.3 is 0 Å². The summed E-state index contributed by atoms with van der Waals surface area (Å²) < 4.78 is 13.3. The van der Waals surface area contributed by atoms with Gasteiger partial charge < -0.3 is 20.4 Å². The molecule has 1 aliphatic rings. The molecular weight excluding hydrogens is 444 g/mol. The van der Waals surface area contributed by atoms with Crippen molar-refractivity contribution in [2.75, 3.05) is 53.4 Å². The maximum absolute atomic E-state index is 13.3. The summed E-state index contributed by atoms with van der Waals surface area (Å²) >= 11 is 0. The number of hydrogen-bond donors (Lipinski definition) is 2. The van der Waals surface area contributed by atoms with Gasteiger partial charge in [-0.15, -0.1) is 24.0 Å². The van der Waals surface area contributed by atoms with Crippen LogP contribution < -0.4 is 10.6 Å². The van der Waals surface area contributed by atoms with E-state index in [1.165, 1.54) is 25.6 Å². The zero-order chi connectivity index (χ0) is 18.1. The van der Waals surface area contributed by atoms with E-state index in [2.05, 4.69) is 32.5 Å². The smallest absolute Gasteiger partial charge is 0.191 e. The van der Waals surface area contributed by atoms with Crippen molar-refractivity contribution in [2.24, 2.45) is 4.99 Å². The fraction of sp³-hybridized carbons (Fsp3) is 0.632. The van der Waals surface area contributed by atoms with Crippen molar-refractivity contribution in [1.29, 1.82) is 0 Å². The van der Waals surface area contributed by atoms with Gasteiger partial charge in [0.25, 0.3) is 0 Å². The molecular formula is C19H33FIN5. The molecule has 0 aromatic heterocycles. The van der Waals surface area contributed by atoms with E-state index in [0.29, 0.717) is 12.1 Å². The first-order valence-electron chi connectivity index (χ1n) is 9.19. The van der Waals surface area contributed by atoms with Crippen molar-refractivity contribution in [2.45, 2.75) is 26.3 Å². The number of halogens is 2. The van der Waals surface area contributed by atoms with Gasteiger partial charge in [-0.2, -0.15) is 0 Å². The monoisotopic (exact) mass is 477 g/mol. The second kappa shape index (κ2) is 12.5. The number of likely N-dealkylation sites (N-methyl/N-ethyl adjacent to an activating group) is 1. The molecule has 0 radical (unpaired) electrons. The van der Waals surface area contributed by atoms with Crippen molar-refractivity contribution in [3.63, 3.8) is 0 Å². The van der Waals surface area contributed by atoms with Gasteiger partial charge in [0.15, 0.2) is 5.96 Å². The van der Waals surface area contributed by atoms with E-state index >= 15 is 0 Å². The number of nitrogens with zero attached hydrogens (tertiary/aromatic N) is 3. The number of nitrogens with one attached hydrogen (secondary N) is 2. The van der Waals surface area contributed by atoms with Crippen LogP contribution in [0.15, 0.2) is 23.2 Å². The zero-order valence-corrected chi connectivity index (χ0v) is 18.6. The van der Waals surface area contributed by atoms with Crippen LogP contribution in [0.4, 0.5) is 4.39 Å². The SMILES string of the molecule is CN=C(NCCCN1CCCN(C)CC1)NCc1ccc(F)c(C)c1.I. The Balaban J connectivity index is 0.00000338. The first kappa shape index (κ1) is 23.1. The molecule has 148 valence electrons. The van der Waals surface area contributed by atoms with E-state index in [0.717, 1.165) is 44.1 Å².